The number of nitrogen functional groups attached to an aromatic ring is 1. The molecule has 3 rings (SSSR count). The number of hydrogen-bond donors (Lipinski definition) is 3. The molecule has 7 heteroatoms. The van der Waals surface area contributed by atoms with E-state index in [9.17, 15) is 4.39 Å². The Morgan fingerprint density at radius 2 is 1.74 bits per heavy atom. The first kappa shape index (κ1) is 15.2. The standard InChI is InChI=1S/C16H13BrFN5/c17-10-3-1-5-12(7-10)22-16-20-9-14(19)15(23-16)21-13-6-2-4-11(18)8-13/h1-9H,19H2,(H2,20,21,22,23). The minimum Gasteiger partial charge on any atom is -0.394 e. The van der Waals surface area contributed by atoms with Crippen LogP contribution in [-0.4, -0.2) is 9.97 Å². The SMILES string of the molecule is Nc1cnc(Nc2cccc(Br)c2)nc1Nc1cccc(F)c1. The fourth-order valence-corrected chi connectivity index (χ4v) is 2.35. The van der Waals surface area contributed by atoms with Gasteiger partial charge in [-0.2, -0.15) is 4.98 Å². The maximum Gasteiger partial charge on any atom is 0.229 e. The van der Waals surface area contributed by atoms with Crippen LogP contribution in [0.4, 0.5) is 33.2 Å². The Hall–Kier alpha value is -2.67. The van der Waals surface area contributed by atoms with E-state index in [2.05, 4.69) is 36.5 Å². The summed E-state index contributed by atoms with van der Waals surface area (Å²) in [6, 6.07) is 13.7. The third-order valence-corrected chi connectivity index (χ3v) is 3.48. The maximum atomic E-state index is 13.3. The minimum atomic E-state index is -0.338. The molecule has 4 N–H and O–H groups in total. The van der Waals surface area contributed by atoms with Crippen molar-refractivity contribution < 1.29 is 4.39 Å². The van der Waals surface area contributed by atoms with Crippen molar-refractivity contribution in [3.8, 4) is 0 Å². The molecule has 0 aliphatic carbocycles. The van der Waals surface area contributed by atoms with E-state index in [1.54, 1.807) is 12.1 Å². The lowest BCUT2D eigenvalue weighted by Crippen LogP contribution is -2.04. The highest BCUT2D eigenvalue weighted by molar-refractivity contribution is 9.10. The Kier molecular flexibility index (Phi) is 4.38. The first-order valence-corrected chi connectivity index (χ1v) is 7.57. The van der Waals surface area contributed by atoms with Crippen LogP contribution >= 0.6 is 15.9 Å². The van der Waals surface area contributed by atoms with Crippen molar-refractivity contribution in [2.75, 3.05) is 16.4 Å². The van der Waals surface area contributed by atoms with Crippen molar-refractivity contribution in [1.29, 1.82) is 0 Å². The molecule has 0 saturated carbocycles. The zero-order chi connectivity index (χ0) is 16.2. The van der Waals surface area contributed by atoms with Crippen LogP contribution in [0.15, 0.2) is 59.2 Å². The molecule has 116 valence electrons. The summed E-state index contributed by atoms with van der Waals surface area (Å²) in [5.41, 5.74) is 7.64. The van der Waals surface area contributed by atoms with E-state index in [-0.39, 0.29) is 5.82 Å². The Labute approximate surface area is 140 Å². The summed E-state index contributed by atoms with van der Waals surface area (Å²) in [6.07, 6.45) is 1.49. The molecule has 0 fully saturated rings. The van der Waals surface area contributed by atoms with Crippen LogP contribution in [0.5, 0.6) is 0 Å². The maximum absolute atomic E-state index is 13.3. The van der Waals surface area contributed by atoms with Crippen molar-refractivity contribution in [2.45, 2.75) is 0 Å². The number of aromatic nitrogens is 2. The van der Waals surface area contributed by atoms with E-state index in [1.807, 2.05) is 24.3 Å². The van der Waals surface area contributed by atoms with Crippen molar-refractivity contribution in [1.82, 2.24) is 9.97 Å². The van der Waals surface area contributed by atoms with Crippen molar-refractivity contribution in [2.24, 2.45) is 0 Å². The fraction of sp³-hybridized carbons (Fsp3) is 0. The highest BCUT2D eigenvalue weighted by Gasteiger charge is 2.06. The molecule has 1 aromatic heterocycles. The summed E-state index contributed by atoms with van der Waals surface area (Å²) >= 11 is 3.40. The van der Waals surface area contributed by atoms with Gasteiger partial charge in [0.25, 0.3) is 0 Å². The van der Waals surface area contributed by atoms with Crippen LogP contribution in [0, 0.1) is 5.82 Å². The average Bonchev–Trinajstić information content (AvgIpc) is 2.51. The largest absolute Gasteiger partial charge is 0.394 e. The van der Waals surface area contributed by atoms with Gasteiger partial charge in [-0.15, -0.1) is 0 Å². The first-order chi connectivity index (χ1) is 11.1. The number of nitrogens with two attached hydrogens (primary N) is 1. The Morgan fingerprint density at radius 3 is 2.48 bits per heavy atom. The van der Waals surface area contributed by atoms with E-state index in [1.165, 1.54) is 18.3 Å². The molecule has 0 spiro atoms. The topological polar surface area (TPSA) is 75.9 Å². The summed E-state index contributed by atoms with van der Waals surface area (Å²) < 4.78 is 14.2. The third-order valence-electron chi connectivity index (χ3n) is 2.99. The lowest BCUT2D eigenvalue weighted by molar-refractivity contribution is 0.628. The number of halogens is 2. The minimum absolute atomic E-state index is 0.338. The molecule has 0 atom stereocenters. The average molecular weight is 374 g/mol. The van der Waals surface area contributed by atoms with E-state index < -0.39 is 0 Å². The molecule has 0 aliphatic rings. The summed E-state index contributed by atoms with van der Waals surface area (Å²) in [6.45, 7) is 0. The molecule has 3 aromatic rings. The van der Waals surface area contributed by atoms with Crippen LogP contribution in [0.2, 0.25) is 0 Å². The highest BCUT2D eigenvalue weighted by atomic mass is 79.9. The second kappa shape index (κ2) is 6.62. The number of nitrogens with zero attached hydrogens (tertiary/aromatic N) is 2. The zero-order valence-corrected chi connectivity index (χ0v) is 13.5. The van der Waals surface area contributed by atoms with Gasteiger partial charge in [0.15, 0.2) is 5.82 Å². The van der Waals surface area contributed by atoms with E-state index in [0.29, 0.717) is 23.1 Å². The number of anilines is 5. The first-order valence-electron chi connectivity index (χ1n) is 6.78. The van der Waals surface area contributed by atoms with Crippen molar-refractivity contribution >= 4 is 44.8 Å². The summed E-state index contributed by atoms with van der Waals surface area (Å²) in [7, 11) is 0. The van der Waals surface area contributed by atoms with Crippen molar-refractivity contribution in [3.05, 3.63) is 65.0 Å². The smallest absolute Gasteiger partial charge is 0.229 e. The van der Waals surface area contributed by atoms with Gasteiger partial charge in [0.05, 0.1) is 11.9 Å². The summed E-state index contributed by atoms with van der Waals surface area (Å²) in [5.74, 6) is 0.453. The van der Waals surface area contributed by atoms with Crippen LogP contribution in [0.1, 0.15) is 0 Å². The van der Waals surface area contributed by atoms with Gasteiger partial charge in [0.1, 0.15) is 5.82 Å². The molecule has 0 aliphatic heterocycles. The quantitative estimate of drug-likeness (QED) is 0.629. The monoisotopic (exact) mass is 373 g/mol. The van der Waals surface area contributed by atoms with Gasteiger partial charge < -0.3 is 16.4 Å². The third kappa shape index (κ3) is 3.95. The molecule has 2 aromatic carbocycles. The molecule has 0 bridgehead atoms. The molecule has 0 amide bonds. The van der Waals surface area contributed by atoms with Gasteiger partial charge in [-0.3, -0.25) is 0 Å². The highest BCUT2D eigenvalue weighted by Crippen LogP contribution is 2.24. The Morgan fingerprint density at radius 1 is 1.00 bits per heavy atom. The fourth-order valence-electron chi connectivity index (χ4n) is 1.95. The molecule has 0 radical (unpaired) electrons. The predicted octanol–water partition coefficient (Wildman–Crippen LogP) is 4.45. The van der Waals surface area contributed by atoms with Crippen LogP contribution in [-0.2, 0) is 0 Å². The van der Waals surface area contributed by atoms with Gasteiger partial charge in [0.2, 0.25) is 5.95 Å². The number of hydrogen-bond acceptors (Lipinski definition) is 5. The molecule has 0 saturated heterocycles. The van der Waals surface area contributed by atoms with Gasteiger partial charge >= 0.3 is 0 Å². The molecule has 5 nitrogen and oxygen atoms in total. The summed E-state index contributed by atoms with van der Waals surface area (Å²) in [5, 5.41) is 6.07. The molecular formula is C16H13BrFN5. The molecular weight excluding hydrogens is 361 g/mol. The van der Waals surface area contributed by atoms with Crippen LogP contribution in [0.3, 0.4) is 0 Å². The van der Waals surface area contributed by atoms with Crippen molar-refractivity contribution in [3.63, 3.8) is 0 Å². The molecule has 23 heavy (non-hydrogen) atoms. The van der Waals surface area contributed by atoms with Gasteiger partial charge in [-0.05, 0) is 36.4 Å². The van der Waals surface area contributed by atoms with E-state index >= 15 is 0 Å². The number of benzene rings is 2. The van der Waals surface area contributed by atoms with Gasteiger partial charge in [-0.25, -0.2) is 9.37 Å². The lowest BCUT2D eigenvalue weighted by Gasteiger charge is -2.11. The van der Waals surface area contributed by atoms with E-state index in [0.717, 1.165) is 10.2 Å². The Balaban J connectivity index is 1.84. The van der Waals surface area contributed by atoms with Gasteiger partial charge in [0, 0.05) is 15.8 Å². The number of nitrogens with one attached hydrogen (secondary N) is 2. The van der Waals surface area contributed by atoms with Gasteiger partial charge in [-0.1, -0.05) is 28.1 Å². The predicted molar refractivity (Wildman–Crippen MR) is 93.6 cm³/mol. The molecule has 0 unspecified atom stereocenters. The zero-order valence-electron chi connectivity index (χ0n) is 11.9. The molecule has 1 heterocycles. The van der Waals surface area contributed by atoms with E-state index in [4.69, 9.17) is 5.73 Å². The Bertz CT molecular complexity index is 840. The van der Waals surface area contributed by atoms with Crippen LogP contribution in [0.25, 0.3) is 0 Å². The second-order valence-corrected chi connectivity index (χ2v) is 5.68. The van der Waals surface area contributed by atoms with Crippen LogP contribution < -0.4 is 16.4 Å². The lowest BCUT2D eigenvalue weighted by atomic mass is 10.3. The second-order valence-electron chi connectivity index (χ2n) is 4.77. The normalized spacial score (nSPS) is 10.3. The summed E-state index contributed by atoms with van der Waals surface area (Å²) in [4.78, 5) is 8.47. The number of rotatable bonds is 4.